The zero-order valence-electron chi connectivity index (χ0n) is 17.9. The third-order valence-electron chi connectivity index (χ3n) is 5.27. The number of nitrogens with zero attached hydrogens (tertiary/aromatic N) is 2. The lowest BCUT2D eigenvalue weighted by Crippen LogP contribution is -2.43. The fourth-order valence-electron chi connectivity index (χ4n) is 3.61. The molecule has 0 saturated carbocycles. The standard InChI is InChI=1S/C25H22ClN3O4/c1-28(16-23(30)27-21-10-6-5-9-20(21)26)22-15-24(31)29(25(22)32)17-11-13-19(14-12-17)33-18-7-3-2-4-8-18/h2-14,22H,15-16H2,1H3,(H,27,30)/t22-/m0/s1. The molecule has 0 aromatic heterocycles. The Morgan fingerprint density at radius 2 is 1.64 bits per heavy atom. The van der Waals surface area contributed by atoms with Gasteiger partial charge < -0.3 is 10.1 Å². The fraction of sp³-hybridized carbons (Fsp3) is 0.160. The van der Waals surface area contributed by atoms with Crippen molar-refractivity contribution in [3.63, 3.8) is 0 Å². The van der Waals surface area contributed by atoms with Crippen LogP contribution >= 0.6 is 11.6 Å². The summed E-state index contributed by atoms with van der Waals surface area (Å²) in [6, 6.07) is 22.2. The second kappa shape index (κ2) is 9.85. The number of imide groups is 1. The molecule has 4 rings (SSSR count). The highest BCUT2D eigenvalue weighted by atomic mass is 35.5. The van der Waals surface area contributed by atoms with E-state index in [1.165, 1.54) is 0 Å². The normalized spacial score (nSPS) is 15.7. The Balaban J connectivity index is 1.39. The Morgan fingerprint density at radius 3 is 2.33 bits per heavy atom. The third-order valence-corrected chi connectivity index (χ3v) is 5.60. The molecule has 0 aliphatic carbocycles. The molecule has 1 atom stereocenters. The van der Waals surface area contributed by atoms with Crippen LogP contribution in [0.4, 0.5) is 11.4 Å². The maximum atomic E-state index is 13.0. The lowest BCUT2D eigenvalue weighted by molar-refractivity contribution is -0.123. The van der Waals surface area contributed by atoms with Gasteiger partial charge in [0.2, 0.25) is 11.8 Å². The lowest BCUT2D eigenvalue weighted by Gasteiger charge is -2.22. The first-order chi connectivity index (χ1) is 15.9. The molecule has 1 N–H and O–H groups in total. The highest BCUT2D eigenvalue weighted by Gasteiger charge is 2.42. The van der Waals surface area contributed by atoms with Crippen LogP contribution in [0.15, 0.2) is 78.9 Å². The molecule has 33 heavy (non-hydrogen) atoms. The maximum Gasteiger partial charge on any atom is 0.251 e. The number of carbonyl (C=O) groups is 3. The van der Waals surface area contributed by atoms with Gasteiger partial charge >= 0.3 is 0 Å². The molecular formula is C25H22ClN3O4. The van der Waals surface area contributed by atoms with Crippen molar-refractivity contribution in [1.82, 2.24) is 4.90 Å². The maximum absolute atomic E-state index is 13.0. The van der Waals surface area contributed by atoms with Crippen LogP contribution in [0.25, 0.3) is 0 Å². The van der Waals surface area contributed by atoms with Crippen LogP contribution in [0.1, 0.15) is 6.42 Å². The SMILES string of the molecule is CN(CC(=O)Nc1ccccc1Cl)[C@H]1CC(=O)N(c2ccc(Oc3ccccc3)cc2)C1=O. The van der Waals surface area contributed by atoms with Crippen molar-refractivity contribution in [1.29, 1.82) is 0 Å². The molecule has 8 heteroatoms. The van der Waals surface area contributed by atoms with E-state index < -0.39 is 6.04 Å². The van der Waals surface area contributed by atoms with Crippen LogP contribution in [0.2, 0.25) is 5.02 Å². The molecular weight excluding hydrogens is 442 g/mol. The summed E-state index contributed by atoms with van der Waals surface area (Å²) < 4.78 is 5.76. The molecule has 1 aliphatic heterocycles. The molecule has 3 amide bonds. The van der Waals surface area contributed by atoms with Crippen LogP contribution in [0, 0.1) is 0 Å². The summed E-state index contributed by atoms with van der Waals surface area (Å²) in [6.07, 6.45) is -0.00300. The van der Waals surface area contributed by atoms with Gasteiger partial charge in [-0.3, -0.25) is 19.3 Å². The average molecular weight is 464 g/mol. The number of likely N-dealkylation sites (N-methyl/N-ethyl adjacent to an activating group) is 1. The van der Waals surface area contributed by atoms with Crippen molar-refractivity contribution < 1.29 is 19.1 Å². The van der Waals surface area contributed by atoms with E-state index in [-0.39, 0.29) is 30.7 Å². The summed E-state index contributed by atoms with van der Waals surface area (Å²) in [5.74, 6) is 0.265. The number of halogens is 1. The largest absolute Gasteiger partial charge is 0.457 e. The van der Waals surface area contributed by atoms with Gasteiger partial charge in [-0.05, 0) is 55.6 Å². The predicted molar refractivity (Wildman–Crippen MR) is 127 cm³/mol. The second-order valence-corrected chi connectivity index (χ2v) is 8.05. The average Bonchev–Trinajstić information content (AvgIpc) is 3.10. The lowest BCUT2D eigenvalue weighted by atomic mass is 10.2. The van der Waals surface area contributed by atoms with Gasteiger partial charge in [0.15, 0.2) is 0 Å². The van der Waals surface area contributed by atoms with Gasteiger partial charge in [-0.25, -0.2) is 4.90 Å². The van der Waals surface area contributed by atoms with E-state index in [1.807, 2.05) is 30.3 Å². The number of hydrogen-bond donors (Lipinski definition) is 1. The first kappa shape index (κ1) is 22.5. The number of hydrogen-bond acceptors (Lipinski definition) is 5. The smallest absolute Gasteiger partial charge is 0.251 e. The van der Waals surface area contributed by atoms with Gasteiger partial charge in [-0.15, -0.1) is 0 Å². The molecule has 3 aromatic rings. The van der Waals surface area contributed by atoms with Gasteiger partial charge in [-0.2, -0.15) is 0 Å². The van der Waals surface area contributed by atoms with E-state index >= 15 is 0 Å². The molecule has 1 aliphatic rings. The van der Waals surface area contributed by atoms with E-state index in [9.17, 15) is 14.4 Å². The summed E-state index contributed by atoms with van der Waals surface area (Å²) >= 11 is 6.07. The first-order valence-electron chi connectivity index (χ1n) is 10.4. The van der Waals surface area contributed by atoms with Gasteiger partial charge in [-0.1, -0.05) is 41.9 Å². The van der Waals surface area contributed by atoms with Gasteiger partial charge in [0.1, 0.15) is 11.5 Å². The highest BCUT2D eigenvalue weighted by molar-refractivity contribution is 6.33. The topological polar surface area (TPSA) is 79.0 Å². The van der Waals surface area contributed by atoms with E-state index in [0.29, 0.717) is 27.9 Å². The van der Waals surface area contributed by atoms with Crippen LogP contribution < -0.4 is 15.0 Å². The van der Waals surface area contributed by atoms with Crippen LogP contribution in [0.5, 0.6) is 11.5 Å². The number of para-hydroxylation sites is 2. The molecule has 0 unspecified atom stereocenters. The van der Waals surface area contributed by atoms with Gasteiger partial charge in [0, 0.05) is 0 Å². The molecule has 0 bridgehead atoms. The Bertz CT molecular complexity index is 1170. The molecule has 3 aromatic carbocycles. The summed E-state index contributed by atoms with van der Waals surface area (Å²) in [7, 11) is 1.64. The zero-order valence-corrected chi connectivity index (χ0v) is 18.7. The molecule has 168 valence electrons. The molecule has 1 fully saturated rings. The Morgan fingerprint density at radius 1 is 1.00 bits per heavy atom. The quantitative estimate of drug-likeness (QED) is 0.527. The minimum atomic E-state index is -0.727. The van der Waals surface area contributed by atoms with Crippen molar-refractivity contribution in [3.05, 3.63) is 83.9 Å². The van der Waals surface area contributed by atoms with E-state index in [1.54, 1.807) is 60.5 Å². The van der Waals surface area contributed by atoms with E-state index in [4.69, 9.17) is 16.3 Å². The molecule has 0 radical (unpaired) electrons. The summed E-state index contributed by atoms with van der Waals surface area (Å²) in [4.78, 5) is 40.8. The van der Waals surface area contributed by atoms with Crippen molar-refractivity contribution in [2.45, 2.75) is 12.5 Å². The third kappa shape index (κ3) is 5.22. The molecule has 1 heterocycles. The Labute approximate surface area is 196 Å². The van der Waals surface area contributed by atoms with E-state index in [2.05, 4.69) is 5.32 Å². The van der Waals surface area contributed by atoms with Crippen LogP contribution in [-0.4, -0.2) is 42.3 Å². The number of nitrogens with one attached hydrogen (secondary N) is 1. The van der Waals surface area contributed by atoms with Crippen molar-refractivity contribution in [2.24, 2.45) is 0 Å². The number of ether oxygens (including phenoxy) is 1. The van der Waals surface area contributed by atoms with Crippen molar-refractivity contribution in [3.8, 4) is 11.5 Å². The molecule has 1 saturated heterocycles. The van der Waals surface area contributed by atoms with E-state index in [0.717, 1.165) is 4.90 Å². The predicted octanol–water partition coefficient (Wildman–Crippen LogP) is 4.33. The zero-order chi connectivity index (χ0) is 23.4. The van der Waals surface area contributed by atoms with Crippen LogP contribution in [0.3, 0.4) is 0 Å². The molecule has 0 spiro atoms. The monoisotopic (exact) mass is 463 g/mol. The Hall–Kier alpha value is -3.68. The van der Waals surface area contributed by atoms with Gasteiger partial charge in [0.25, 0.3) is 5.91 Å². The number of rotatable bonds is 7. The first-order valence-corrected chi connectivity index (χ1v) is 10.7. The number of benzene rings is 3. The van der Waals surface area contributed by atoms with Gasteiger partial charge in [0.05, 0.1) is 35.4 Å². The highest BCUT2D eigenvalue weighted by Crippen LogP contribution is 2.29. The fourth-order valence-corrected chi connectivity index (χ4v) is 3.79. The summed E-state index contributed by atoms with van der Waals surface area (Å²) in [5, 5.41) is 3.15. The second-order valence-electron chi connectivity index (χ2n) is 7.64. The van der Waals surface area contributed by atoms with Crippen molar-refractivity contribution >= 4 is 40.7 Å². The number of anilines is 2. The van der Waals surface area contributed by atoms with Crippen molar-refractivity contribution in [2.75, 3.05) is 23.8 Å². The van der Waals surface area contributed by atoms with Crippen LogP contribution in [-0.2, 0) is 14.4 Å². The number of amides is 3. The minimum absolute atomic E-state index is 0.00300. The number of carbonyl (C=O) groups excluding carboxylic acids is 3. The Kier molecular flexibility index (Phi) is 6.72. The summed E-state index contributed by atoms with van der Waals surface area (Å²) in [5.41, 5.74) is 0.952. The summed E-state index contributed by atoms with van der Waals surface area (Å²) in [6.45, 7) is -0.0629. The molecule has 7 nitrogen and oxygen atoms in total. The minimum Gasteiger partial charge on any atom is -0.457 e.